The highest BCUT2D eigenvalue weighted by Crippen LogP contribution is 2.32. The van der Waals surface area contributed by atoms with E-state index in [9.17, 15) is 14.4 Å². The van der Waals surface area contributed by atoms with E-state index in [4.69, 9.17) is 60.6 Å². The predicted octanol–water partition coefficient (Wildman–Crippen LogP) is 1.63. The summed E-state index contributed by atoms with van der Waals surface area (Å²) in [6.45, 7) is 7.27. The second-order valence-electron chi connectivity index (χ2n) is 13.9. The number of anilines is 2. The van der Waals surface area contributed by atoms with Crippen LogP contribution >= 0.6 is 0 Å². The average molecular weight is 883 g/mol. The minimum atomic E-state index is -0.120. The van der Waals surface area contributed by atoms with Gasteiger partial charge in [-0.2, -0.15) is 10.1 Å². The first kappa shape index (κ1) is 50.2. The van der Waals surface area contributed by atoms with Gasteiger partial charge in [-0.25, -0.2) is 14.6 Å². The van der Waals surface area contributed by atoms with Crippen LogP contribution in [0.5, 0.6) is 0 Å². The number of carbonyl (C=O) groups is 3. The monoisotopic (exact) mass is 882 g/mol. The lowest BCUT2D eigenvalue weighted by Crippen LogP contribution is -2.28. The van der Waals surface area contributed by atoms with Crippen molar-refractivity contribution >= 4 is 51.7 Å². The number of unbranched alkanes of at least 4 members (excludes halogenated alkanes) is 2. The van der Waals surface area contributed by atoms with Gasteiger partial charge < -0.3 is 65.0 Å². The maximum Gasteiger partial charge on any atom is 0.292 e. The Morgan fingerprint density at radius 3 is 1.79 bits per heavy atom. The molecule has 0 saturated heterocycles. The Kier molecular flexibility index (Phi) is 24.3. The molecular weight excluding hydrogens is 821 g/mol. The Hall–Kier alpha value is -5.47. The summed E-state index contributed by atoms with van der Waals surface area (Å²) in [6, 6.07) is 5.58. The number of aryl methyl sites for hydroxylation is 1. The number of nitrogen functional groups attached to an aromatic ring is 2. The molecule has 21 nitrogen and oxygen atoms in total. The number of rotatable bonds is 36. The van der Waals surface area contributed by atoms with Crippen molar-refractivity contribution in [2.24, 2.45) is 0 Å². The topological polar surface area (TPSA) is 274 Å². The molecule has 0 fully saturated rings. The lowest BCUT2D eigenvalue weighted by Gasteiger charge is -2.09. The second kappa shape index (κ2) is 30.6. The van der Waals surface area contributed by atoms with Crippen molar-refractivity contribution in [2.45, 2.75) is 51.5 Å². The van der Waals surface area contributed by atoms with Crippen LogP contribution in [0, 0.1) is 12.3 Å². The lowest BCUT2D eigenvalue weighted by molar-refractivity contribution is -0.123. The minimum absolute atomic E-state index is 0.0301. The molecule has 1 aromatic carbocycles. The normalized spacial score (nSPS) is 11.3. The molecule has 0 unspecified atom stereocenters. The Labute approximate surface area is 366 Å². The first-order valence-corrected chi connectivity index (χ1v) is 21.3. The number of terminal acetylenes is 1. The Morgan fingerprint density at radius 1 is 0.667 bits per heavy atom. The highest BCUT2D eigenvalue weighted by atomic mass is 16.6. The van der Waals surface area contributed by atoms with Crippen LogP contribution in [0.1, 0.15) is 44.9 Å². The summed E-state index contributed by atoms with van der Waals surface area (Å²) >= 11 is 0. The third kappa shape index (κ3) is 20.1. The van der Waals surface area contributed by atoms with Crippen LogP contribution in [0.15, 0.2) is 28.9 Å². The van der Waals surface area contributed by atoms with Crippen molar-refractivity contribution in [3.63, 3.8) is 0 Å². The summed E-state index contributed by atoms with van der Waals surface area (Å²) in [4.78, 5) is 48.6. The number of nitrogens with two attached hydrogens (primary N) is 2. The molecule has 7 N–H and O–H groups in total. The Bertz CT molecular complexity index is 1990. The van der Waals surface area contributed by atoms with Gasteiger partial charge in [0, 0.05) is 57.4 Å². The van der Waals surface area contributed by atoms with Gasteiger partial charge >= 0.3 is 0 Å². The van der Waals surface area contributed by atoms with Gasteiger partial charge in [0.15, 0.2) is 11.2 Å². The van der Waals surface area contributed by atoms with E-state index < -0.39 is 0 Å². The maximum absolute atomic E-state index is 12.3. The molecule has 0 saturated carbocycles. The van der Waals surface area contributed by atoms with Gasteiger partial charge in [0.05, 0.1) is 97.9 Å². The predicted molar refractivity (Wildman–Crippen MR) is 233 cm³/mol. The maximum atomic E-state index is 12.3. The largest absolute Gasteiger partial charge is 0.424 e. The van der Waals surface area contributed by atoms with Crippen LogP contribution in [0.4, 0.5) is 11.8 Å². The average Bonchev–Trinajstić information content (AvgIpc) is 3.85. The SMILES string of the molecule is C#CCCCC(=O)NCCOCCOCCOCCC(=O)NCCOCCOCCOCCOCCC(=O)NCCCCn1nc(-c2ccc3oc(N)nc3c2)c2c(N)ncnc21. The Balaban J connectivity index is 0.867. The highest BCUT2D eigenvalue weighted by Gasteiger charge is 2.18. The molecule has 63 heavy (non-hydrogen) atoms. The summed E-state index contributed by atoms with van der Waals surface area (Å²) in [5.41, 5.74) is 15.2. The number of benzene rings is 1. The standard InChI is InChI=1S/C42H62N10O11/c1-2-3-4-7-35(53)46-13-18-58-22-26-60-24-20-57-17-11-37(55)47-14-19-59-23-27-62-29-28-61-25-21-56-16-10-36(54)45-12-5-6-15-52-41-38(40(43)48-31-49-41)39(51-52)32-8-9-34-33(30-32)50-42(44)63-34/h1,8-9,30-31H,3-7,10-29H2,(H2,44,50)(H,45,54)(H,46,53)(H,47,55)(H2,43,48,49). The zero-order chi connectivity index (χ0) is 44.7. The molecule has 346 valence electrons. The molecule has 3 amide bonds. The van der Waals surface area contributed by atoms with Gasteiger partial charge in [0.1, 0.15) is 23.4 Å². The summed E-state index contributed by atoms with van der Waals surface area (Å²) in [6.07, 6.45) is 10.3. The van der Waals surface area contributed by atoms with Gasteiger partial charge in [-0.1, -0.05) is 0 Å². The first-order valence-electron chi connectivity index (χ1n) is 21.3. The fraction of sp³-hybridized carbons (Fsp3) is 0.595. The smallest absolute Gasteiger partial charge is 0.292 e. The molecule has 0 radical (unpaired) electrons. The van der Waals surface area contributed by atoms with Crippen molar-refractivity contribution < 1.29 is 52.0 Å². The number of amides is 3. The molecule has 0 atom stereocenters. The van der Waals surface area contributed by atoms with Crippen LogP contribution in [0.3, 0.4) is 0 Å². The van der Waals surface area contributed by atoms with Crippen molar-refractivity contribution in [1.82, 2.24) is 40.7 Å². The molecule has 0 aliphatic rings. The zero-order valence-corrected chi connectivity index (χ0v) is 35.9. The van der Waals surface area contributed by atoms with Crippen molar-refractivity contribution in [1.29, 1.82) is 0 Å². The van der Waals surface area contributed by atoms with E-state index in [2.05, 4.69) is 36.8 Å². The van der Waals surface area contributed by atoms with Gasteiger partial charge in [-0.15, -0.1) is 12.3 Å². The number of carbonyl (C=O) groups excluding carboxylic acids is 3. The number of nitrogens with one attached hydrogen (secondary N) is 3. The van der Waals surface area contributed by atoms with Gasteiger partial charge in [-0.05, 0) is 37.5 Å². The zero-order valence-electron chi connectivity index (χ0n) is 35.9. The van der Waals surface area contributed by atoms with Crippen LogP contribution in [-0.4, -0.2) is 155 Å². The van der Waals surface area contributed by atoms with Crippen LogP contribution in [0.25, 0.3) is 33.4 Å². The number of fused-ring (bicyclic) bond motifs is 2. The molecule has 4 rings (SSSR count). The lowest BCUT2D eigenvalue weighted by atomic mass is 10.1. The molecule has 0 aliphatic carbocycles. The van der Waals surface area contributed by atoms with E-state index in [1.807, 2.05) is 12.1 Å². The summed E-state index contributed by atoms with van der Waals surface area (Å²) < 4.78 is 45.4. The van der Waals surface area contributed by atoms with Gasteiger partial charge in [0.25, 0.3) is 6.01 Å². The van der Waals surface area contributed by atoms with E-state index in [0.29, 0.717) is 172 Å². The van der Waals surface area contributed by atoms with Crippen molar-refractivity contribution in [3.8, 4) is 23.6 Å². The van der Waals surface area contributed by atoms with Gasteiger partial charge in [0.2, 0.25) is 17.7 Å². The summed E-state index contributed by atoms with van der Waals surface area (Å²) in [5, 5.41) is 13.9. The van der Waals surface area contributed by atoms with E-state index in [-0.39, 0.29) is 36.6 Å². The minimum Gasteiger partial charge on any atom is -0.424 e. The van der Waals surface area contributed by atoms with E-state index in [1.54, 1.807) is 10.7 Å². The molecule has 0 aliphatic heterocycles. The molecule has 3 aromatic heterocycles. The Morgan fingerprint density at radius 2 is 1.21 bits per heavy atom. The van der Waals surface area contributed by atoms with Crippen LogP contribution in [-0.2, 0) is 54.1 Å². The van der Waals surface area contributed by atoms with Gasteiger partial charge in [-0.3, -0.25) is 14.4 Å². The molecular formula is C42H62N10O11. The molecule has 21 heteroatoms. The van der Waals surface area contributed by atoms with Crippen molar-refractivity contribution in [3.05, 3.63) is 24.5 Å². The molecule has 0 bridgehead atoms. The fourth-order valence-corrected chi connectivity index (χ4v) is 5.87. The fourth-order valence-electron chi connectivity index (χ4n) is 5.87. The third-order valence-corrected chi connectivity index (χ3v) is 9.02. The van der Waals surface area contributed by atoms with E-state index >= 15 is 0 Å². The molecule has 4 aromatic rings. The number of oxazole rings is 1. The second-order valence-corrected chi connectivity index (χ2v) is 13.9. The first-order chi connectivity index (χ1) is 30.9. The highest BCUT2D eigenvalue weighted by molar-refractivity contribution is 5.99. The number of ether oxygens (including phenoxy) is 7. The summed E-state index contributed by atoms with van der Waals surface area (Å²) in [7, 11) is 0. The quantitative estimate of drug-likeness (QED) is 0.0321. The number of nitrogens with zero attached hydrogens (tertiary/aromatic N) is 5. The number of hydrogen-bond donors (Lipinski definition) is 5. The molecule has 0 spiro atoms. The van der Waals surface area contributed by atoms with Crippen LogP contribution < -0.4 is 27.4 Å². The van der Waals surface area contributed by atoms with E-state index in [0.717, 1.165) is 18.4 Å². The third-order valence-electron chi connectivity index (χ3n) is 9.02. The van der Waals surface area contributed by atoms with E-state index in [1.165, 1.54) is 6.33 Å². The van der Waals surface area contributed by atoms with Crippen molar-refractivity contribution in [2.75, 3.05) is 124 Å². The summed E-state index contributed by atoms with van der Waals surface area (Å²) in [5.74, 6) is 2.60. The molecule has 3 heterocycles. The number of hydrogen-bond acceptors (Lipinski definition) is 17. The number of aromatic nitrogens is 5. The van der Waals surface area contributed by atoms with Crippen LogP contribution in [0.2, 0.25) is 0 Å².